The Bertz CT molecular complexity index is 509. The van der Waals surface area contributed by atoms with Crippen LogP contribution in [0, 0.1) is 6.92 Å². The third kappa shape index (κ3) is 4.37. The minimum absolute atomic E-state index is 0.178. The van der Waals surface area contributed by atoms with Crippen LogP contribution in [0.1, 0.15) is 18.4 Å². The van der Waals surface area contributed by atoms with Crippen LogP contribution in [0.15, 0.2) is 24.3 Å². The molecule has 0 aliphatic carbocycles. The zero-order valence-corrected chi connectivity index (χ0v) is 11.4. The van der Waals surface area contributed by atoms with Gasteiger partial charge in [0, 0.05) is 13.0 Å². The lowest BCUT2D eigenvalue weighted by Crippen LogP contribution is -2.31. The van der Waals surface area contributed by atoms with Crippen molar-refractivity contribution in [3.05, 3.63) is 29.8 Å². The molecule has 0 saturated carbocycles. The molecule has 0 heterocycles. The first kappa shape index (κ1) is 14.5. The number of hydrogen-bond donors (Lipinski definition) is 1. The first-order valence-electron chi connectivity index (χ1n) is 5.63. The maximum absolute atomic E-state index is 11.7. The lowest BCUT2D eigenvalue weighted by Gasteiger charge is -2.22. The normalized spacial score (nSPS) is 11.2. The standard InChI is InChI=1S/C12H18N2O3S/c1-10-5-7-11(8-6-10)14(18(2,16)17)9-3-4-12(13)15/h5-8H,3-4,9H2,1-2H3,(H2,13,15). The van der Waals surface area contributed by atoms with Gasteiger partial charge in [-0.25, -0.2) is 8.42 Å². The molecule has 1 aromatic carbocycles. The van der Waals surface area contributed by atoms with Crippen LogP contribution in [0.25, 0.3) is 0 Å². The van der Waals surface area contributed by atoms with Gasteiger partial charge in [-0.05, 0) is 25.5 Å². The van der Waals surface area contributed by atoms with E-state index in [0.717, 1.165) is 11.8 Å². The monoisotopic (exact) mass is 270 g/mol. The van der Waals surface area contributed by atoms with E-state index in [2.05, 4.69) is 0 Å². The van der Waals surface area contributed by atoms with E-state index in [1.165, 1.54) is 4.31 Å². The van der Waals surface area contributed by atoms with Crippen LogP contribution >= 0.6 is 0 Å². The quantitative estimate of drug-likeness (QED) is 0.838. The topological polar surface area (TPSA) is 80.5 Å². The average molecular weight is 270 g/mol. The molecule has 0 aromatic heterocycles. The number of primary amides is 1. The van der Waals surface area contributed by atoms with Gasteiger partial charge in [-0.3, -0.25) is 9.10 Å². The number of carbonyl (C=O) groups excluding carboxylic acids is 1. The summed E-state index contributed by atoms with van der Waals surface area (Å²) in [5, 5.41) is 0. The molecule has 0 atom stereocenters. The number of aryl methyl sites for hydroxylation is 1. The summed E-state index contributed by atoms with van der Waals surface area (Å²) in [7, 11) is -3.35. The number of anilines is 1. The molecule has 0 saturated heterocycles. The van der Waals surface area contributed by atoms with E-state index >= 15 is 0 Å². The molecule has 1 aromatic rings. The second-order valence-corrected chi connectivity index (χ2v) is 6.15. The molecule has 0 radical (unpaired) electrons. The van der Waals surface area contributed by atoms with Crippen LogP contribution in [0.3, 0.4) is 0 Å². The molecule has 0 aliphatic rings. The molecule has 0 unspecified atom stereocenters. The summed E-state index contributed by atoms with van der Waals surface area (Å²) in [5.74, 6) is -0.424. The number of benzene rings is 1. The Morgan fingerprint density at radius 3 is 2.28 bits per heavy atom. The van der Waals surface area contributed by atoms with Crippen molar-refractivity contribution in [3.63, 3.8) is 0 Å². The molecule has 18 heavy (non-hydrogen) atoms. The summed E-state index contributed by atoms with van der Waals surface area (Å²) in [5.41, 5.74) is 6.70. The Morgan fingerprint density at radius 1 is 1.28 bits per heavy atom. The molecule has 0 fully saturated rings. The highest BCUT2D eigenvalue weighted by Gasteiger charge is 2.16. The van der Waals surface area contributed by atoms with Crippen molar-refractivity contribution >= 4 is 21.6 Å². The van der Waals surface area contributed by atoms with Gasteiger partial charge in [0.15, 0.2) is 0 Å². The molecule has 0 aliphatic heterocycles. The minimum atomic E-state index is -3.35. The number of sulfonamides is 1. The van der Waals surface area contributed by atoms with Gasteiger partial charge in [-0.1, -0.05) is 17.7 Å². The van der Waals surface area contributed by atoms with Gasteiger partial charge in [0.05, 0.1) is 11.9 Å². The molecule has 6 heteroatoms. The first-order valence-corrected chi connectivity index (χ1v) is 7.48. The Labute approximate surface area is 108 Å². The zero-order valence-electron chi connectivity index (χ0n) is 10.6. The smallest absolute Gasteiger partial charge is 0.232 e. The highest BCUT2D eigenvalue weighted by molar-refractivity contribution is 7.92. The largest absolute Gasteiger partial charge is 0.370 e. The van der Waals surface area contributed by atoms with Gasteiger partial charge in [0.25, 0.3) is 0 Å². The van der Waals surface area contributed by atoms with Gasteiger partial charge in [0.2, 0.25) is 15.9 Å². The van der Waals surface area contributed by atoms with Crippen molar-refractivity contribution < 1.29 is 13.2 Å². The van der Waals surface area contributed by atoms with Gasteiger partial charge < -0.3 is 5.73 Å². The minimum Gasteiger partial charge on any atom is -0.370 e. The van der Waals surface area contributed by atoms with Gasteiger partial charge in [-0.15, -0.1) is 0 Å². The van der Waals surface area contributed by atoms with Gasteiger partial charge >= 0.3 is 0 Å². The number of nitrogens with two attached hydrogens (primary N) is 1. The van der Waals surface area contributed by atoms with Crippen molar-refractivity contribution in [2.24, 2.45) is 5.73 Å². The summed E-state index contributed by atoms with van der Waals surface area (Å²) in [6.07, 6.45) is 1.74. The van der Waals surface area contributed by atoms with Crippen molar-refractivity contribution in [3.8, 4) is 0 Å². The van der Waals surface area contributed by atoms with Crippen LogP contribution in [0.2, 0.25) is 0 Å². The number of hydrogen-bond acceptors (Lipinski definition) is 3. The maximum atomic E-state index is 11.7. The second kappa shape index (κ2) is 5.86. The van der Waals surface area contributed by atoms with E-state index in [9.17, 15) is 13.2 Å². The molecule has 5 nitrogen and oxygen atoms in total. The number of amides is 1. The molecule has 100 valence electrons. The Hall–Kier alpha value is -1.56. The van der Waals surface area contributed by atoms with Crippen LogP contribution in [0.4, 0.5) is 5.69 Å². The van der Waals surface area contributed by atoms with Crippen LogP contribution in [-0.2, 0) is 14.8 Å². The second-order valence-electron chi connectivity index (χ2n) is 4.24. The van der Waals surface area contributed by atoms with Gasteiger partial charge in [-0.2, -0.15) is 0 Å². The van der Waals surface area contributed by atoms with E-state index in [1.54, 1.807) is 12.1 Å². The van der Waals surface area contributed by atoms with Crippen LogP contribution in [-0.4, -0.2) is 27.1 Å². The zero-order chi connectivity index (χ0) is 13.8. The molecular formula is C12H18N2O3S. The first-order chi connectivity index (χ1) is 8.30. The summed E-state index contributed by atoms with van der Waals surface area (Å²) in [6.45, 7) is 2.19. The van der Waals surface area contributed by atoms with Crippen LogP contribution in [0.5, 0.6) is 0 Å². The van der Waals surface area contributed by atoms with Crippen molar-refractivity contribution in [2.75, 3.05) is 17.1 Å². The van der Waals surface area contributed by atoms with E-state index in [-0.39, 0.29) is 13.0 Å². The molecular weight excluding hydrogens is 252 g/mol. The third-order valence-electron chi connectivity index (χ3n) is 2.51. The lowest BCUT2D eigenvalue weighted by atomic mass is 10.2. The summed E-state index contributed by atoms with van der Waals surface area (Å²) >= 11 is 0. The summed E-state index contributed by atoms with van der Waals surface area (Å²) in [6, 6.07) is 7.20. The van der Waals surface area contributed by atoms with E-state index < -0.39 is 15.9 Å². The highest BCUT2D eigenvalue weighted by atomic mass is 32.2. The Morgan fingerprint density at radius 2 is 1.83 bits per heavy atom. The fourth-order valence-corrected chi connectivity index (χ4v) is 2.56. The molecule has 2 N–H and O–H groups in total. The summed E-state index contributed by atoms with van der Waals surface area (Å²) in [4.78, 5) is 10.7. The fourth-order valence-electron chi connectivity index (χ4n) is 1.59. The predicted octanol–water partition coefficient (Wildman–Crippen LogP) is 1.03. The lowest BCUT2D eigenvalue weighted by molar-refractivity contribution is -0.118. The molecule has 0 bridgehead atoms. The van der Waals surface area contributed by atoms with Crippen molar-refractivity contribution in [2.45, 2.75) is 19.8 Å². The van der Waals surface area contributed by atoms with Crippen LogP contribution < -0.4 is 10.0 Å². The maximum Gasteiger partial charge on any atom is 0.232 e. The third-order valence-corrected chi connectivity index (χ3v) is 3.70. The van der Waals surface area contributed by atoms with E-state index in [4.69, 9.17) is 5.73 Å². The number of carbonyl (C=O) groups is 1. The van der Waals surface area contributed by atoms with Gasteiger partial charge in [0.1, 0.15) is 0 Å². The molecule has 1 rings (SSSR count). The van der Waals surface area contributed by atoms with Crippen molar-refractivity contribution in [1.82, 2.24) is 0 Å². The van der Waals surface area contributed by atoms with E-state index in [0.29, 0.717) is 12.1 Å². The Balaban J connectivity index is 2.86. The fraction of sp³-hybridized carbons (Fsp3) is 0.417. The molecule has 1 amide bonds. The molecule has 0 spiro atoms. The number of nitrogens with zero attached hydrogens (tertiary/aromatic N) is 1. The highest BCUT2D eigenvalue weighted by Crippen LogP contribution is 2.18. The number of rotatable bonds is 6. The summed E-state index contributed by atoms with van der Waals surface area (Å²) < 4.78 is 24.7. The van der Waals surface area contributed by atoms with Crippen molar-refractivity contribution in [1.29, 1.82) is 0 Å². The Kier molecular flexibility index (Phi) is 4.72. The average Bonchev–Trinajstić information content (AvgIpc) is 2.24. The predicted molar refractivity (Wildman–Crippen MR) is 71.8 cm³/mol. The SMILES string of the molecule is Cc1ccc(N(CCCC(N)=O)S(C)(=O)=O)cc1. The van der Waals surface area contributed by atoms with E-state index in [1.807, 2.05) is 19.1 Å².